The van der Waals surface area contributed by atoms with Gasteiger partial charge in [0.2, 0.25) is 0 Å². The smallest absolute Gasteiger partial charge is 0.115 e. The Balaban J connectivity index is 1.65. The SMILES string of the molecule is Cc1ncnc2c1CCN(CC1CCOC1)CC2. The summed E-state index contributed by atoms with van der Waals surface area (Å²) in [4.78, 5) is 11.3. The lowest BCUT2D eigenvalue weighted by Gasteiger charge is -2.22. The number of ether oxygens (including phenoxy) is 1. The molecule has 1 fully saturated rings. The van der Waals surface area contributed by atoms with Crippen molar-refractivity contribution in [1.29, 1.82) is 0 Å². The second-order valence-electron chi connectivity index (χ2n) is 5.41. The Morgan fingerprint density at radius 2 is 2.22 bits per heavy atom. The fourth-order valence-electron chi connectivity index (χ4n) is 3.01. The van der Waals surface area contributed by atoms with E-state index in [-0.39, 0.29) is 0 Å². The second kappa shape index (κ2) is 5.33. The van der Waals surface area contributed by atoms with Gasteiger partial charge in [-0.2, -0.15) is 0 Å². The number of nitrogens with zero attached hydrogens (tertiary/aromatic N) is 3. The molecule has 0 aliphatic carbocycles. The molecule has 0 saturated carbocycles. The molecule has 1 aromatic rings. The van der Waals surface area contributed by atoms with Crippen LogP contribution in [0.15, 0.2) is 6.33 Å². The predicted molar refractivity (Wildman–Crippen MR) is 69.5 cm³/mol. The van der Waals surface area contributed by atoms with Crippen LogP contribution in [-0.4, -0.2) is 47.7 Å². The summed E-state index contributed by atoms with van der Waals surface area (Å²) in [6.45, 7) is 7.44. The van der Waals surface area contributed by atoms with Crippen molar-refractivity contribution >= 4 is 0 Å². The molecule has 1 atom stereocenters. The minimum atomic E-state index is 0.735. The third-order valence-corrected chi connectivity index (χ3v) is 4.13. The van der Waals surface area contributed by atoms with E-state index in [1.807, 2.05) is 0 Å². The van der Waals surface area contributed by atoms with Gasteiger partial charge < -0.3 is 9.64 Å². The minimum absolute atomic E-state index is 0.735. The van der Waals surface area contributed by atoms with Crippen molar-refractivity contribution in [2.24, 2.45) is 5.92 Å². The standard InChI is InChI=1S/C14H21N3O/c1-11-13-2-5-17(8-12-4-7-18-9-12)6-3-14(13)16-10-15-11/h10,12H,2-9H2,1H3. The van der Waals surface area contributed by atoms with Crippen LogP contribution in [0, 0.1) is 12.8 Å². The van der Waals surface area contributed by atoms with Crippen molar-refractivity contribution in [2.45, 2.75) is 26.2 Å². The Labute approximate surface area is 108 Å². The molecule has 1 aromatic heterocycles. The fraction of sp³-hybridized carbons (Fsp3) is 0.714. The number of aryl methyl sites for hydroxylation is 1. The Morgan fingerprint density at radius 3 is 3.06 bits per heavy atom. The van der Waals surface area contributed by atoms with Gasteiger partial charge in [0.25, 0.3) is 0 Å². The fourth-order valence-corrected chi connectivity index (χ4v) is 3.01. The third kappa shape index (κ3) is 2.54. The first-order chi connectivity index (χ1) is 8.83. The molecule has 0 aromatic carbocycles. The molecule has 0 spiro atoms. The van der Waals surface area contributed by atoms with E-state index in [0.717, 1.165) is 50.8 Å². The topological polar surface area (TPSA) is 38.2 Å². The van der Waals surface area contributed by atoms with E-state index >= 15 is 0 Å². The van der Waals surface area contributed by atoms with Gasteiger partial charge in [0.1, 0.15) is 6.33 Å². The Morgan fingerprint density at radius 1 is 1.33 bits per heavy atom. The number of aromatic nitrogens is 2. The van der Waals surface area contributed by atoms with Crippen LogP contribution >= 0.6 is 0 Å². The van der Waals surface area contributed by atoms with Gasteiger partial charge in [0.05, 0.1) is 6.61 Å². The number of hydrogen-bond acceptors (Lipinski definition) is 4. The van der Waals surface area contributed by atoms with Crippen LogP contribution < -0.4 is 0 Å². The van der Waals surface area contributed by atoms with Crippen molar-refractivity contribution in [3.63, 3.8) is 0 Å². The molecule has 3 heterocycles. The first kappa shape index (κ1) is 12.1. The van der Waals surface area contributed by atoms with Crippen molar-refractivity contribution in [1.82, 2.24) is 14.9 Å². The quantitative estimate of drug-likeness (QED) is 0.787. The summed E-state index contributed by atoms with van der Waals surface area (Å²) >= 11 is 0. The van der Waals surface area contributed by atoms with Gasteiger partial charge >= 0.3 is 0 Å². The van der Waals surface area contributed by atoms with Gasteiger partial charge in [-0.25, -0.2) is 9.97 Å². The number of rotatable bonds is 2. The molecule has 18 heavy (non-hydrogen) atoms. The Hall–Kier alpha value is -1.00. The lowest BCUT2D eigenvalue weighted by Crippen LogP contribution is -2.32. The molecule has 1 saturated heterocycles. The first-order valence-corrected chi connectivity index (χ1v) is 6.92. The summed E-state index contributed by atoms with van der Waals surface area (Å²) in [5, 5.41) is 0. The lowest BCUT2D eigenvalue weighted by atomic mass is 10.1. The van der Waals surface area contributed by atoms with E-state index in [1.54, 1.807) is 6.33 Å². The minimum Gasteiger partial charge on any atom is -0.381 e. The molecule has 4 nitrogen and oxygen atoms in total. The lowest BCUT2D eigenvalue weighted by molar-refractivity contribution is 0.168. The average molecular weight is 247 g/mol. The van der Waals surface area contributed by atoms with Gasteiger partial charge in [-0.1, -0.05) is 0 Å². The normalized spacial score (nSPS) is 24.8. The van der Waals surface area contributed by atoms with Crippen LogP contribution in [0.3, 0.4) is 0 Å². The van der Waals surface area contributed by atoms with Crippen molar-refractivity contribution in [3.05, 3.63) is 23.3 Å². The highest BCUT2D eigenvalue weighted by Gasteiger charge is 2.22. The molecular weight excluding hydrogens is 226 g/mol. The van der Waals surface area contributed by atoms with Gasteiger partial charge in [0.15, 0.2) is 0 Å². The van der Waals surface area contributed by atoms with Crippen LogP contribution in [-0.2, 0) is 17.6 Å². The summed E-state index contributed by atoms with van der Waals surface area (Å²) < 4.78 is 5.46. The van der Waals surface area contributed by atoms with Crippen molar-refractivity contribution < 1.29 is 4.74 Å². The molecule has 0 amide bonds. The maximum atomic E-state index is 5.46. The molecule has 0 bridgehead atoms. The first-order valence-electron chi connectivity index (χ1n) is 6.92. The Bertz CT molecular complexity index is 416. The second-order valence-corrected chi connectivity index (χ2v) is 5.41. The van der Waals surface area contributed by atoms with Crippen LogP contribution in [0.1, 0.15) is 23.4 Å². The molecule has 1 unspecified atom stereocenters. The van der Waals surface area contributed by atoms with Gasteiger partial charge in [-0.3, -0.25) is 0 Å². The zero-order chi connectivity index (χ0) is 12.4. The molecule has 0 radical (unpaired) electrons. The molecule has 4 heteroatoms. The summed E-state index contributed by atoms with van der Waals surface area (Å²) in [7, 11) is 0. The molecule has 3 rings (SSSR count). The van der Waals surface area contributed by atoms with E-state index < -0.39 is 0 Å². The summed E-state index contributed by atoms with van der Waals surface area (Å²) in [5.74, 6) is 0.735. The zero-order valence-electron chi connectivity index (χ0n) is 11.1. The highest BCUT2D eigenvalue weighted by atomic mass is 16.5. The molecule has 2 aliphatic rings. The van der Waals surface area contributed by atoms with E-state index in [1.165, 1.54) is 24.2 Å². The van der Waals surface area contributed by atoms with E-state index in [0.29, 0.717) is 0 Å². The van der Waals surface area contributed by atoms with Crippen molar-refractivity contribution in [2.75, 3.05) is 32.8 Å². The largest absolute Gasteiger partial charge is 0.381 e. The molecule has 0 N–H and O–H groups in total. The highest BCUT2D eigenvalue weighted by molar-refractivity contribution is 5.25. The molecule has 98 valence electrons. The number of hydrogen-bond donors (Lipinski definition) is 0. The van der Waals surface area contributed by atoms with E-state index in [4.69, 9.17) is 4.74 Å². The summed E-state index contributed by atoms with van der Waals surface area (Å²) in [6, 6.07) is 0. The van der Waals surface area contributed by atoms with Crippen LogP contribution in [0.4, 0.5) is 0 Å². The summed E-state index contributed by atoms with van der Waals surface area (Å²) in [5.41, 5.74) is 3.79. The number of fused-ring (bicyclic) bond motifs is 1. The monoisotopic (exact) mass is 247 g/mol. The third-order valence-electron chi connectivity index (χ3n) is 4.13. The zero-order valence-corrected chi connectivity index (χ0v) is 11.1. The molecule has 2 aliphatic heterocycles. The van der Waals surface area contributed by atoms with Crippen LogP contribution in [0.25, 0.3) is 0 Å². The van der Waals surface area contributed by atoms with Crippen LogP contribution in [0.2, 0.25) is 0 Å². The Kier molecular flexibility index (Phi) is 3.57. The van der Waals surface area contributed by atoms with Crippen LogP contribution in [0.5, 0.6) is 0 Å². The van der Waals surface area contributed by atoms with E-state index in [2.05, 4.69) is 21.8 Å². The van der Waals surface area contributed by atoms with Crippen molar-refractivity contribution in [3.8, 4) is 0 Å². The van der Waals surface area contributed by atoms with E-state index in [9.17, 15) is 0 Å². The maximum absolute atomic E-state index is 5.46. The summed E-state index contributed by atoms with van der Waals surface area (Å²) in [6.07, 6.45) is 5.08. The average Bonchev–Trinajstić information content (AvgIpc) is 2.78. The molecular formula is C14H21N3O. The van der Waals surface area contributed by atoms with Gasteiger partial charge in [0, 0.05) is 44.0 Å². The van der Waals surface area contributed by atoms with Gasteiger partial charge in [-0.15, -0.1) is 0 Å². The predicted octanol–water partition coefficient (Wildman–Crippen LogP) is 1.22. The van der Waals surface area contributed by atoms with Gasteiger partial charge in [-0.05, 0) is 31.2 Å². The highest BCUT2D eigenvalue weighted by Crippen LogP contribution is 2.19. The maximum Gasteiger partial charge on any atom is 0.115 e.